The summed E-state index contributed by atoms with van der Waals surface area (Å²) in [6.45, 7) is 1.34. The number of fused-ring (bicyclic) bond motifs is 1. The predicted octanol–water partition coefficient (Wildman–Crippen LogP) is -0.532. The number of pyridine rings is 1. The molecule has 32 heavy (non-hydrogen) atoms. The van der Waals surface area contributed by atoms with Crippen LogP contribution in [0.2, 0.25) is 0 Å². The van der Waals surface area contributed by atoms with Crippen LogP contribution >= 0.6 is 11.3 Å². The zero-order valence-corrected chi connectivity index (χ0v) is 18.9. The maximum absolute atomic E-state index is 12.8. The first-order chi connectivity index (χ1) is 15.2. The first-order valence-electron chi connectivity index (χ1n) is 9.93. The third-order valence-electron chi connectivity index (χ3n) is 4.77. The fourth-order valence-electron chi connectivity index (χ4n) is 3.05. The molecule has 1 unspecified atom stereocenters. The van der Waals surface area contributed by atoms with Crippen LogP contribution < -0.4 is 16.0 Å². The van der Waals surface area contributed by atoms with Gasteiger partial charge in [-0.1, -0.05) is 0 Å². The average molecular weight is 460 g/mol. The van der Waals surface area contributed by atoms with Crippen molar-refractivity contribution >= 4 is 40.7 Å². The van der Waals surface area contributed by atoms with E-state index in [1.54, 1.807) is 0 Å². The molecule has 2 aromatic heterocycles. The van der Waals surface area contributed by atoms with Gasteiger partial charge in [0.1, 0.15) is 6.04 Å². The number of hydrogen-bond donors (Lipinski definition) is 3. The Hall–Kier alpha value is -3.38. The smallest absolute Gasteiger partial charge is 0.313 e. The van der Waals surface area contributed by atoms with Gasteiger partial charge in [-0.05, 0) is 19.2 Å². The van der Waals surface area contributed by atoms with Crippen molar-refractivity contribution in [3.8, 4) is 0 Å². The number of anilines is 1. The Bertz CT molecular complexity index is 1010. The minimum Gasteiger partial charge on any atom is -0.347 e. The summed E-state index contributed by atoms with van der Waals surface area (Å²) in [4.78, 5) is 62.3. The van der Waals surface area contributed by atoms with Crippen LogP contribution in [0, 0.1) is 0 Å². The molecule has 170 valence electrons. The Morgan fingerprint density at radius 1 is 1.19 bits per heavy atom. The van der Waals surface area contributed by atoms with Crippen LogP contribution in [-0.4, -0.2) is 83.7 Å². The number of hydrogen-bond acceptors (Lipinski definition) is 8. The molecule has 0 aromatic carbocycles. The lowest BCUT2D eigenvalue weighted by Crippen LogP contribution is -2.53. The summed E-state index contributed by atoms with van der Waals surface area (Å²) >= 11 is 1.29. The number of nitrogens with one attached hydrogen (secondary N) is 3. The highest BCUT2D eigenvalue weighted by Crippen LogP contribution is 2.24. The molecule has 4 amide bonds. The van der Waals surface area contributed by atoms with Gasteiger partial charge in [-0.15, -0.1) is 11.3 Å². The Morgan fingerprint density at radius 3 is 2.59 bits per heavy atom. The molecular weight excluding hydrogens is 434 g/mol. The van der Waals surface area contributed by atoms with Gasteiger partial charge in [-0.2, -0.15) is 0 Å². The number of nitrogens with zero attached hydrogens (tertiary/aromatic N) is 4. The van der Waals surface area contributed by atoms with Crippen molar-refractivity contribution in [2.75, 3.05) is 39.5 Å². The molecule has 0 radical (unpaired) electrons. The number of carbonyl (C=O) groups is 4. The van der Waals surface area contributed by atoms with Gasteiger partial charge in [-0.3, -0.25) is 24.2 Å². The van der Waals surface area contributed by atoms with Crippen molar-refractivity contribution in [2.24, 2.45) is 0 Å². The van der Waals surface area contributed by atoms with Crippen LogP contribution in [0.1, 0.15) is 20.4 Å². The van der Waals surface area contributed by atoms with E-state index in [1.165, 1.54) is 54.9 Å². The quantitative estimate of drug-likeness (QED) is 0.494. The number of likely N-dealkylation sites (N-methyl/N-ethyl adjacent to an activating group) is 2. The SMILES string of the molecule is CN1CCc2nc(C(=O)NC(CNC(=O)C(=O)Nc3ccncc3)C(=O)N(C)C)sc2C1. The zero-order valence-electron chi connectivity index (χ0n) is 18.0. The van der Waals surface area contributed by atoms with Gasteiger partial charge in [0, 0.05) is 63.1 Å². The zero-order chi connectivity index (χ0) is 23.3. The van der Waals surface area contributed by atoms with E-state index in [2.05, 4.69) is 30.8 Å². The summed E-state index contributed by atoms with van der Waals surface area (Å²) in [5.74, 6) is -2.74. The third-order valence-corrected chi connectivity index (χ3v) is 5.85. The molecule has 1 aliphatic rings. The molecule has 0 aliphatic carbocycles. The molecule has 0 saturated carbocycles. The Morgan fingerprint density at radius 2 is 1.91 bits per heavy atom. The van der Waals surface area contributed by atoms with Gasteiger partial charge in [0.25, 0.3) is 5.91 Å². The summed E-state index contributed by atoms with van der Waals surface area (Å²) in [5, 5.41) is 7.72. The molecule has 1 aliphatic heterocycles. The molecular formula is C20H25N7O4S. The number of carbonyl (C=O) groups excluding carboxylic acids is 4. The van der Waals surface area contributed by atoms with Crippen molar-refractivity contribution in [3.05, 3.63) is 40.1 Å². The third kappa shape index (κ3) is 5.86. The summed E-state index contributed by atoms with van der Waals surface area (Å²) < 4.78 is 0. The van der Waals surface area contributed by atoms with E-state index in [-0.39, 0.29) is 11.6 Å². The van der Waals surface area contributed by atoms with Crippen molar-refractivity contribution in [2.45, 2.75) is 19.0 Å². The number of rotatable bonds is 6. The second-order valence-electron chi connectivity index (χ2n) is 7.54. The summed E-state index contributed by atoms with van der Waals surface area (Å²) in [6.07, 6.45) is 3.71. The standard InChI is InChI=1S/C20H25N7O4S/c1-26(2)20(31)14(10-22-16(28)17(29)23-12-4-7-21-8-5-12)24-18(30)19-25-13-6-9-27(3)11-15(13)32-19/h4-5,7-8,14H,6,9-11H2,1-3H3,(H,22,28)(H,24,30)(H,21,23,29). The molecule has 12 heteroatoms. The van der Waals surface area contributed by atoms with E-state index in [0.29, 0.717) is 5.69 Å². The fourth-order valence-corrected chi connectivity index (χ4v) is 4.14. The van der Waals surface area contributed by atoms with Crippen molar-refractivity contribution in [1.29, 1.82) is 0 Å². The van der Waals surface area contributed by atoms with Crippen molar-refractivity contribution in [3.63, 3.8) is 0 Å². The van der Waals surface area contributed by atoms with Gasteiger partial charge in [0.2, 0.25) is 5.91 Å². The second-order valence-corrected chi connectivity index (χ2v) is 8.62. The first-order valence-corrected chi connectivity index (χ1v) is 10.7. The lowest BCUT2D eigenvalue weighted by atomic mass is 10.2. The van der Waals surface area contributed by atoms with Crippen LogP contribution in [-0.2, 0) is 27.3 Å². The molecule has 0 saturated heterocycles. The Labute approximate surface area is 189 Å². The summed E-state index contributed by atoms with van der Waals surface area (Å²) in [6, 6.07) is 2.02. The van der Waals surface area contributed by atoms with E-state index in [4.69, 9.17) is 0 Å². The maximum atomic E-state index is 12.8. The highest BCUT2D eigenvalue weighted by atomic mass is 32.1. The van der Waals surface area contributed by atoms with Crippen molar-refractivity contribution in [1.82, 2.24) is 30.4 Å². The maximum Gasteiger partial charge on any atom is 0.313 e. The van der Waals surface area contributed by atoms with E-state index >= 15 is 0 Å². The molecule has 3 N–H and O–H groups in total. The van der Waals surface area contributed by atoms with Gasteiger partial charge in [0.05, 0.1) is 5.69 Å². The van der Waals surface area contributed by atoms with Gasteiger partial charge < -0.3 is 25.8 Å². The molecule has 1 atom stereocenters. The molecule has 2 aromatic rings. The van der Waals surface area contributed by atoms with Gasteiger partial charge >= 0.3 is 11.8 Å². The molecule has 0 fully saturated rings. The molecule has 3 heterocycles. The van der Waals surface area contributed by atoms with Crippen LogP contribution in [0.25, 0.3) is 0 Å². The predicted molar refractivity (Wildman–Crippen MR) is 118 cm³/mol. The monoisotopic (exact) mass is 459 g/mol. The van der Waals surface area contributed by atoms with E-state index in [9.17, 15) is 19.2 Å². The van der Waals surface area contributed by atoms with Crippen LogP contribution in [0.15, 0.2) is 24.5 Å². The number of amides is 4. The minimum atomic E-state index is -1.06. The minimum absolute atomic E-state index is 0.251. The normalized spacial score (nSPS) is 14.1. The van der Waals surface area contributed by atoms with E-state index < -0.39 is 29.7 Å². The largest absolute Gasteiger partial charge is 0.347 e. The van der Waals surface area contributed by atoms with Crippen LogP contribution in [0.4, 0.5) is 5.69 Å². The van der Waals surface area contributed by atoms with Gasteiger partial charge in [-0.25, -0.2) is 4.98 Å². The van der Waals surface area contributed by atoms with E-state index in [1.807, 2.05) is 7.05 Å². The van der Waals surface area contributed by atoms with E-state index in [0.717, 1.165) is 30.1 Å². The van der Waals surface area contributed by atoms with Crippen molar-refractivity contribution < 1.29 is 19.2 Å². The molecule has 3 rings (SSSR count). The van der Waals surface area contributed by atoms with Crippen LogP contribution in [0.5, 0.6) is 0 Å². The molecule has 0 spiro atoms. The number of aromatic nitrogens is 2. The fraction of sp³-hybridized carbons (Fsp3) is 0.400. The summed E-state index contributed by atoms with van der Waals surface area (Å²) in [7, 11) is 5.08. The highest BCUT2D eigenvalue weighted by Gasteiger charge is 2.27. The lowest BCUT2D eigenvalue weighted by molar-refractivity contribution is -0.136. The molecule has 11 nitrogen and oxygen atoms in total. The summed E-state index contributed by atoms with van der Waals surface area (Å²) in [5.41, 5.74) is 1.31. The van der Waals surface area contributed by atoms with Gasteiger partial charge in [0.15, 0.2) is 5.01 Å². The topological polar surface area (TPSA) is 137 Å². The second kappa shape index (κ2) is 10.3. The first kappa shape index (κ1) is 23.3. The van der Waals surface area contributed by atoms with Crippen LogP contribution in [0.3, 0.4) is 0 Å². The number of thiazole rings is 1. The highest BCUT2D eigenvalue weighted by molar-refractivity contribution is 7.13. The molecule has 0 bridgehead atoms. The average Bonchev–Trinajstić information content (AvgIpc) is 3.19. The Balaban J connectivity index is 1.62. The Kier molecular flexibility index (Phi) is 7.49. The lowest BCUT2D eigenvalue weighted by Gasteiger charge is -2.21.